The zero-order valence-electron chi connectivity index (χ0n) is 10.9. The van der Waals surface area contributed by atoms with Crippen LogP contribution in [0.5, 0.6) is 5.75 Å². The van der Waals surface area contributed by atoms with Crippen molar-refractivity contribution in [1.82, 2.24) is 0 Å². The van der Waals surface area contributed by atoms with Gasteiger partial charge in [0.05, 0.1) is 7.11 Å². The summed E-state index contributed by atoms with van der Waals surface area (Å²) >= 11 is 0. The molecule has 2 aromatic rings. The van der Waals surface area contributed by atoms with Crippen LogP contribution in [-0.4, -0.2) is 18.8 Å². The summed E-state index contributed by atoms with van der Waals surface area (Å²) in [5, 5.41) is 11.2. The van der Waals surface area contributed by atoms with Crippen molar-refractivity contribution < 1.29 is 9.84 Å². The Labute approximate surface area is 108 Å². The highest BCUT2D eigenvalue weighted by Crippen LogP contribution is 2.22. The fourth-order valence-corrected chi connectivity index (χ4v) is 2.17. The summed E-state index contributed by atoms with van der Waals surface area (Å²) in [4.78, 5) is 0. The molecular weight excluding hydrogens is 224 g/mol. The Balaban J connectivity index is 2.08. The second-order valence-corrected chi connectivity index (χ2v) is 4.58. The van der Waals surface area contributed by atoms with E-state index in [1.165, 1.54) is 16.3 Å². The maximum Gasteiger partial charge on any atom is 0.119 e. The monoisotopic (exact) mass is 244 g/mol. The van der Waals surface area contributed by atoms with Gasteiger partial charge in [-0.05, 0) is 47.7 Å². The lowest BCUT2D eigenvalue weighted by Crippen LogP contribution is -1.89. The average molecular weight is 244 g/mol. The van der Waals surface area contributed by atoms with Crippen molar-refractivity contribution in [2.45, 2.75) is 25.7 Å². The molecule has 0 unspecified atom stereocenters. The molecule has 0 heterocycles. The third-order valence-electron chi connectivity index (χ3n) is 3.24. The van der Waals surface area contributed by atoms with Gasteiger partial charge in [-0.2, -0.15) is 0 Å². The first kappa shape index (κ1) is 12.9. The first-order chi connectivity index (χ1) is 8.83. The number of hydrogen-bond acceptors (Lipinski definition) is 2. The van der Waals surface area contributed by atoms with Gasteiger partial charge in [-0.1, -0.05) is 30.7 Å². The molecule has 0 radical (unpaired) electrons. The van der Waals surface area contributed by atoms with Crippen molar-refractivity contribution in [3.05, 3.63) is 42.0 Å². The van der Waals surface area contributed by atoms with Crippen molar-refractivity contribution in [2.24, 2.45) is 0 Å². The van der Waals surface area contributed by atoms with Gasteiger partial charge in [0.1, 0.15) is 5.75 Å². The van der Waals surface area contributed by atoms with E-state index >= 15 is 0 Å². The molecule has 0 bridgehead atoms. The minimum absolute atomic E-state index is 0.303. The van der Waals surface area contributed by atoms with E-state index in [4.69, 9.17) is 9.84 Å². The summed E-state index contributed by atoms with van der Waals surface area (Å²) < 4.78 is 5.22. The van der Waals surface area contributed by atoms with Crippen molar-refractivity contribution in [2.75, 3.05) is 13.7 Å². The lowest BCUT2D eigenvalue weighted by atomic mass is 10.0. The van der Waals surface area contributed by atoms with E-state index in [-0.39, 0.29) is 0 Å². The van der Waals surface area contributed by atoms with Crippen LogP contribution in [-0.2, 0) is 6.42 Å². The van der Waals surface area contributed by atoms with E-state index in [1.54, 1.807) is 7.11 Å². The van der Waals surface area contributed by atoms with Crippen molar-refractivity contribution in [3.63, 3.8) is 0 Å². The number of benzene rings is 2. The SMILES string of the molecule is COc1ccc2cc(CCCCCO)ccc2c1. The highest BCUT2D eigenvalue weighted by molar-refractivity contribution is 5.84. The van der Waals surface area contributed by atoms with Gasteiger partial charge >= 0.3 is 0 Å². The molecule has 0 saturated carbocycles. The first-order valence-electron chi connectivity index (χ1n) is 6.51. The third kappa shape index (κ3) is 3.23. The molecule has 2 aromatic carbocycles. The van der Waals surface area contributed by atoms with E-state index in [9.17, 15) is 0 Å². The number of rotatable bonds is 6. The number of ether oxygens (including phenoxy) is 1. The van der Waals surface area contributed by atoms with Crippen LogP contribution in [0, 0.1) is 0 Å². The second-order valence-electron chi connectivity index (χ2n) is 4.58. The van der Waals surface area contributed by atoms with Crippen LogP contribution in [0.25, 0.3) is 10.8 Å². The third-order valence-corrected chi connectivity index (χ3v) is 3.24. The molecule has 18 heavy (non-hydrogen) atoms. The molecule has 0 aliphatic heterocycles. The lowest BCUT2D eigenvalue weighted by Gasteiger charge is -2.05. The summed E-state index contributed by atoms with van der Waals surface area (Å²) in [5.41, 5.74) is 1.37. The molecule has 0 fully saturated rings. The summed E-state index contributed by atoms with van der Waals surface area (Å²) in [6.07, 6.45) is 4.23. The van der Waals surface area contributed by atoms with Gasteiger partial charge in [0.2, 0.25) is 0 Å². The number of methoxy groups -OCH3 is 1. The quantitative estimate of drug-likeness (QED) is 0.787. The molecule has 0 aromatic heterocycles. The number of aliphatic hydroxyl groups is 1. The van der Waals surface area contributed by atoms with Gasteiger partial charge in [-0.25, -0.2) is 0 Å². The molecular formula is C16H20O2. The Morgan fingerprint density at radius 1 is 0.944 bits per heavy atom. The second kappa shape index (κ2) is 6.41. The summed E-state index contributed by atoms with van der Waals surface area (Å²) in [7, 11) is 1.69. The topological polar surface area (TPSA) is 29.5 Å². The van der Waals surface area contributed by atoms with Gasteiger partial charge in [0.25, 0.3) is 0 Å². The van der Waals surface area contributed by atoms with Crippen molar-refractivity contribution >= 4 is 10.8 Å². The van der Waals surface area contributed by atoms with Crippen LogP contribution in [0.1, 0.15) is 24.8 Å². The van der Waals surface area contributed by atoms with E-state index < -0.39 is 0 Å². The average Bonchev–Trinajstić information content (AvgIpc) is 2.43. The zero-order chi connectivity index (χ0) is 12.8. The van der Waals surface area contributed by atoms with Gasteiger partial charge in [-0.15, -0.1) is 0 Å². The Morgan fingerprint density at radius 3 is 2.50 bits per heavy atom. The molecule has 0 aliphatic carbocycles. The normalized spacial score (nSPS) is 10.8. The largest absolute Gasteiger partial charge is 0.497 e. The fourth-order valence-electron chi connectivity index (χ4n) is 2.17. The highest BCUT2D eigenvalue weighted by atomic mass is 16.5. The van der Waals surface area contributed by atoms with E-state index in [0.717, 1.165) is 31.4 Å². The standard InChI is InChI=1S/C16H20O2/c1-18-16-9-8-14-11-13(5-3-2-4-10-17)6-7-15(14)12-16/h6-9,11-12,17H,2-5,10H2,1H3. The van der Waals surface area contributed by atoms with Gasteiger partial charge < -0.3 is 9.84 Å². The molecule has 2 heteroatoms. The molecule has 0 atom stereocenters. The summed E-state index contributed by atoms with van der Waals surface area (Å²) in [6, 6.07) is 12.7. The first-order valence-corrected chi connectivity index (χ1v) is 6.51. The molecule has 0 amide bonds. The van der Waals surface area contributed by atoms with Crippen LogP contribution in [0.4, 0.5) is 0 Å². The Bertz CT molecular complexity index is 505. The smallest absolute Gasteiger partial charge is 0.119 e. The predicted octanol–water partition coefficient (Wildman–Crippen LogP) is 3.55. The van der Waals surface area contributed by atoms with Gasteiger partial charge in [-0.3, -0.25) is 0 Å². The van der Waals surface area contributed by atoms with Crippen LogP contribution in [0.15, 0.2) is 36.4 Å². The molecule has 1 N–H and O–H groups in total. The highest BCUT2D eigenvalue weighted by Gasteiger charge is 1.99. The molecule has 0 aliphatic rings. The van der Waals surface area contributed by atoms with Crippen LogP contribution in [0.2, 0.25) is 0 Å². The van der Waals surface area contributed by atoms with Crippen molar-refractivity contribution in [1.29, 1.82) is 0 Å². The van der Waals surface area contributed by atoms with Crippen LogP contribution < -0.4 is 4.74 Å². The zero-order valence-corrected chi connectivity index (χ0v) is 10.9. The minimum Gasteiger partial charge on any atom is -0.497 e. The maximum atomic E-state index is 8.74. The van der Waals surface area contributed by atoms with Crippen LogP contribution in [0.3, 0.4) is 0 Å². The van der Waals surface area contributed by atoms with Gasteiger partial charge in [0, 0.05) is 6.61 Å². The van der Waals surface area contributed by atoms with Crippen LogP contribution >= 0.6 is 0 Å². The lowest BCUT2D eigenvalue weighted by molar-refractivity contribution is 0.283. The Kier molecular flexibility index (Phi) is 4.59. The summed E-state index contributed by atoms with van der Waals surface area (Å²) in [6.45, 7) is 0.303. The Hall–Kier alpha value is -1.54. The number of aliphatic hydroxyl groups excluding tert-OH is 1. The maximum absolute atomic E-state index is 8.74. The number of hydrogen-bond donors (Lipinski definition) is 1. The molecule has 0 spiro atoms. The van der Waals surface area contributed by atoms with E-state index in [0.29, 0.717) is 6.61 Å². The number of aryl methyl sites for hydroxylation is 1. The molecule has 2 rings (SSSR count). The minimum atomic E-state index is 0.303. The summed E-state index contributed by atoms with van der Waals surface area (Å²) in [5.74, 6) is 0.901. The molecule has 0 saturated heterocycles. The molecule has 96 valence electrons. The molecule has 2 nitrogen and oxygen atoms in total. The predicted molar refractivity (Wildman–Crippen MR) is 75.1 cm³/mol. The van der Waals surface area contributed by atoms with E-state index in [1.807, 2.05) is 6.07 Å². The fraction of sp³-hybridized carbons (Fsp3) is 0.375. The van der Waals surface area contributed by atoms with E-state index in [2.05, 4.69) is 30.3 Å². The Morgan fingerprint density at radius 2 is 1.72 bits per heavy atom. The van der Waals surface area contributed by atoms with Crippen molar-refractivity contribution in [3.8, 4) is 5.75 Å². The number of fused-ring (bicyclic) bond motifs is 1. The van der Waals surface area contributed by atoms with Gasteiger partial charge in [0.15, 0.2) is 0 Å². The number of unbranched alkanes of at least 4 members (excludes halogenated alkanes) is 2.